The third-order valence-electron chi connectivity index (χ3n) is 5.45. The van der Waals surface area contributed by atoms with Crippen molar-refractivity contribution >= 4 is 5.78 Å². The minimum atomic E-state index is -0.581. The number of carbonyl (C=O) groups is 1. The Morgan fingerprint density at radius 2 is 1.72 bits per heavy atom. The van der Waals surface area contributed by atoms with Crippen molar-refractivity contribution in [2.75, 3.05) is 0 Å². The highest BCUT2D eigenvalue weighted by Gasteiger charge is 2.51. The van der Waals surface area contributed by atoms with Crippen LogP contribution in [0.4, 0.5) is 0 Å². The van der Waals surface area contributed by atoms with E-state index in [2.05, 4.69) is 19.9 Å². The fourth-order valence-electron chi connectivity index (χ4n) is 4.06. The van der Waals surface area contributed by atoms with Gasteiger partial charge in [0.1, 0.15) is 11.4 Å². The summed E-state index contributed by atoms with van der Waals surface area (Å²) in [4.78, 5) is 13.5. The number of nitrogens with zero attached hydrogens (tertiary/aromatic N) is 1. The van der Waals surface area contributed by atoms with Crippen molar-refractivity contribution in [3.05, 3.63) is 65.7 Å². The second-order valence-electron chi connectivity index (χ2n) is 6.59. The molecule has 2 unspecified atom stereocenters. The van der Waals surface area contributed by atoms with Gasteiger partial charge in [0, 0.05) is 12.3 Å². The topological polar surface area (TPSA) is 50.1 Å². The molecular formula is C22H23NO2. The average molecular weight is 333 g/mol. The molecule has 2 aromatic carbocycles. The van der Waals surface area contributed by atoms with Crippen LogP contribution in [0, 0.1) is 17.2 Å². The molecule has 0 saturated heterocycles. The van der Waals surface area contributed by atoms with Crippen LogP contribution in [-0.2, 0) is 0 Å². The van der Waals surface area contributed by atoms with E-state index in [0.717, 1.165) is 18.4 Å². The van der Waals surface area contributed by atoms with E-state index in [1.807, 2.05) is 54.6 Å². The number of ether oxygens (including phenoxy) is 1. The molecule has 3 heteroatoms. The Bertz CT molecular complexity index is 787. The molecular weight excluding hydrogens is 310 g/mol. The minimum Gasteiger partial charge on any atom is -0.486 e. The molecule has 2 aromatic rings. The highest BCUT2D eigenvalue weighted by Crippen LogP contribution is 2.47. The van der Waals surface area contributed by atoms with E-state index in [1.165, 1.54) is 0 Å². The van der Waals surface area contributed by atoms with Gasteiger partial charge < -0.3 is 4.74 Å². The molecule has 0 N–H and O–H groups in total. The maximum absolute atomic E-state index is 13.5. The van der Waals surface area contributed by atoms with Crippen LogP contribution in [0.25, 0.3) is 0 Å². The summed E-state index contributed by atoms with van der Waals surface area (Å²) >= 11 is 0. The normalized spacial score (nSPS) is 19.4. The van der Waals surface area contributed by atoms with Gasteiger partial charge in [-0.3, -0.25) is 4.79 Å². The molecule has 0 aliphatic carbocycles. The molecule has 0 aromatic heterocycles. The standard InChI is InChI=1S/C22H23NO2/c1-3-22(4-2)20(17(14-15-23)16-10-6-5-7-11-16)21(24)18-12-8-9-13-19(18)25-22/h5-13,17,20H,3-4,14H2,1-2H3. The fraction of sp³-hybridized carbons (Fsp3) is 0.364. The Morgan fingerprint density at radius 1 is 1.08 bits per heavy atom. The maximum Gasteiger partial charge on any atom is 0.174 e. The SMILES string of the molecule is CCC1(CC)Oc2ccccc2C(=O)C1C(CC#N)c1ccccc1. The summed E-state index contributed by atoms with van der Waals surface area (Å²) in [5, 5.41) is 9.42. The lowest BCUT2D eigenvalue weighted by atomic mass is 9.66. The van der Waals surface area contributed by atoms with E-state index >= 15 is 0 Å². The lowest BCUT2D eigenvalue weighted by Crippen LogP contribution is -2.52. The lowest BCUT2D eigenvalue weighted by Gasteiger charge is -2.46. The Labute approximate surface area is 149 Å². The first-order valence-electron chi connectivity index (χ1n) is 8.91. The number of fused-ring (bicyclic) bond motifs is 1. The summed E-state index contributed by atoms with van der Waals surface area (Å²) in [5.74, 6) is 0.220. The molecule has 1 heterocycles. The van der Waals surface area contributed by atoms with Gasteiger partial charge in [-0.15, -0.1) is 0 Å². The van der Waals surface area contributed by atoms with Gasteiger partial charge in [0.05, 0.1) is 17.6 Å². The summed E-state index contributed by atoms with van der Waals surface area (Å²) in [5.41, 5.74) is 1.07. The van der Waals surface area contributed by atoms with Gasteiger partial charge >= 0.3 is 0 Å². The second kappa shape index (κ2) is 7.11. The molecule has 0 amide bonds. The molecule has 0 bridgehead atoms. The molecule has 0 saturated carbocycles. The molecule has 1 aliphatic heterocycles. The van der Waals surface area contributed by atoms with Crippen molar-refractivity contribution in [1.82, 2.24) is 0 Å². The van der Waals surface area contributed by atoms with Crippen LogP contribution in [0.15, 0.2) is 54.6 Å². The van der Waals surface area contributed by atoms with E-state index in [-0.39, 0.29) is 17.6 Å². The lowest BCUT2D eigenvalue weighted by molar-refractivity contribution is -0.0141. The fourth-order valence-corrected chi connectivity index (χ4v) is 4.06. The van der Waals surface area contributed by atoms with Gasteiger partial charge in [-0.05, 0) is 30.5 Å². The van der Waals surface area contributed by atoms with Gasteiger partial charge in [0.25, 0.3) is 0 Å². The van der Waals surface area contributed by atoms with Crippen LogP contribution in [0.2, 0.25) is 0 Å². The van der Waals surface area contributed by atoms with Gasteiger partial charge in [0.15, 0.2) is 5.78 Å². The van der Waals surface area contributed by atoms with Crippen molar-refractivity contribution in [3.8, 4) is 11.8 Å². The molecule has 3 nitrogen and oxygen atoms in total. The molecule has 0 radical (unpaired) electrons. The van der Waals surface area contributed by atoms with E-state index < -0.39 is 5.60 Å². The highest BCUT2D eigenvalue weighted by atomic mass is 16.5. The van der Waals surface area contributed by atoms with Gasteiger partial charge in [-0.2, -0.15) is 5.26 Å². The van der Waals surface area contributed by atoms with Crippen molar-refractivity contribution in [2.24, 2.45) is 5.92 Å². The number of ketones is 1. The number of nitriles is 1. The first-order valence-corrected chi connectivity index (χ1v) is 8.91. The number of benzene rings is 2. The predicted octanol–water partition coefficient (Wildman–Crippen LogP) is 5.13. The van der Waals surface area contributed by atoms with Crippen LogP contribution < -0.4 is 4.74 Å². The second-order valence-corrected chi connectivity index (χ2v) is 6.59. The quantitative estimate of drug-likeness (QED) is 0.761. The summed E-state index contributed by atoms with van der Waals surface area (Å²) in [6.07, 6.45) is 1.75. The predicted molar refractivity (Wildman–Crippen MR) is 97.6 cm³/mol. The molecule has 3 rings (SSSR count). The molecule has 0 fully saturated rings. The third-order valence-corrected chi connectivity index (χ3v) is 5.45. The number of para-hydroxylation sites is 1. The van der Waals surface area contributed by atoms with Crippen LogP contribution in [0.5, 0.6) is 5.75 Å². The highest BCUT2D eigenvalue weighted by molar-refractivity contribution is 6.02. The number of carbonyl (C=O) groups excluding carboxylic acids is 1. The molecule has 25 heavy (non-hydrogen) atoms. The first-order chi connectivity index (χ1) is 12.2. The van der Waals surface area contributed by atoms with E-state index in [0.29, 0.717) is 17.7 Å². The van der Waals surface area contributed by atoms with Crippen molar-refractivity contribution < 1.29 is 9.53 Å². The zero-order valence-electron chi connectivity index (χ0n) is 14.7. The number of Topliss-reactive ketones (excluding diaryl/α,β-unsaturated/α-hetero) is 1. The van der Waals surface area contributed by atoms with Crippen LogP contribution in [0.1, 0.15) is 54.9 Å². The zero-order chi connectivity index (χ0) is 17.9. The van der Waals surface area contributed by atoms with E-state index in [9.17, 15) is 10.1 Å². The minimum absolute atomic E-state index is 0.0923. The Hall–Kier alpha value is -2.60. The van der Waals surface area contributed by atoms with E-state index in [4.69, 9.17) is 4.74 Å². The number of rotatable bonds is 5. The van der Waals surface area contributed by atoms with Crippen molar-refractivity contribution in [1.29, 1.82) is 5.26 Å². The monoisotopic (exact) mass is 333 g/mol. The average Bonchev–Trinajstić information content (AvgIpc) is 2.67. The van der Waals surface area contributed by atoms with Crippen molar-refractivity contribution in [3.63, 3.8) is 0 Å². The Kier molecular flexibility index (Phi) is 4.90. The Balaban J connectivity index is 2.16. The van der Waals surface area contributed by atoms with Gasteiger partial charge in [0.2, 0.25) is 0 Å². The molecule has 1 aliphatic rings. The first kappa shape index (κ1) is 17.2. The third kappa shape index (κ3) is 2.93. The zero-order valence-corrected chi connectivity index (χ0v) is 14.7. The smallest absolute Gasteiger partial charge is 0.174 e. The number of hydrogen-bond acceptors (Lipinski definition) is 3. The van der Waals surface area contributed by atoms with E-state index in [1.54, 1.807) is 0 Å². The maximum atomic E-state index is 13.5. The Morgan fingerprint density at radius 3 is 2.36 bits per heavy atom. The molecule has 2 atom stereocenters. The van der Waals surface area contributed by atoms with Crippen LogP contribution in [0.3, 0.4) is 0 Å². The summed E-state index contributed by atoms with van der Waals surface area (Å²) in [6, 6.07) is 19.6. The van der Waals surface area contributed by atoms with Crippen LogP contribution in [-0.4, -0.2) is 11.4 Å². The van der Waals surface area contributed by atoms with Crippen molar-refractivity contribution in [2.45, 2.75) is 44.6 Å². The van der Waals surface area contributed by atoms with Gasteiger partial charge in [-0.25, -0.2) is 0 Å². The summed E-state index contributed by atoms with van der Waals surface area (Å²) < 4.78 is 6.42. The van der Waals surface area contributed by atoms with Gasteiger partial charge in [-0.1, -0.05) is 56.3 Å². The summed E-state index contributed by atoms with van der Waals surface area (Å²) in [7, 11) is 0. The largest absolute Gasteiger partial charge is 0.486 e. The molecule has 0 spiro atoms. The van der Waals surface area contributed by atoms with Crippen LogP contribution >= 0.6 is 0 Å². The number of hydrogen-bond donors (Lipinski definition) is 0. The summed E-state index contributed by atoms with van der Waals surface area (Å²) in [6.45, 7) is 4.12. The molecule has 128 valence electrons.